The number of nitrogens with one attached hydrogen (secondary N) is 1. The van der Waals surface area contributed by atoms with Gasteiger partial charge in [0.2, 0.25) is 0 Å². The van der Waals surface area contributed by atoms with E-state index in [1.165, 1.54) is 0 Å². The highest BCUT2D eigenvalue weighted by Gasteiger charge is 2.25. The molecule has 26 heavy (non-hydrogen) atoms. The van der Waals surface area contributed by atoms with Gasteiger partial charge in [0.15, 0.2) is 0 Å². The number of ether oxygens (including phenoxy) is 2. The van der Waals surface area contributed by atoms with E-state index in [9.17, 15) is 4.79 Å². The maximum Gasteiger partial charge on any atom is 0.321 e. The standard InChI is InChI=1S/C19H24N4O3/c1-3-14-11-20-18(21-12-14)26-17-8-5-9-23(13-17)19(24)22-15-6-4-7-16(10-15)25-2/h4,6-7,10-12,17H,3,5,8-9,13H2,1-2H3,(H,22,24). The first-order chi connectivity index (χ1) is 12.7. The first kappa shape index (κ1) is 18.0. The van der Waals surface area contributed by atoms with Gasteiger partial charge in [-0.1, -0.05) is 13.0 Å². The molecule has 1 aromatic carbocycles. The lowest BCUT2D eigenvalue weighted by Crippen LogP contribution is -2.46. The number of hydrogen-bond acceptors (Lipinski definition) is 5. The molecule has 0 saturated carbocycles. The maximum atomic E-state index is 12.5. The predicted octanol–water partition coefficient (Wildman–Crippen LogP) is 3.12. The van der Waals surface area contributed by atoms with Crippen LogP contribution >= 0.6 is 0 Å². The summed E-state index contributed by atoms with van der Waals surface area (Å²) in [6.07, 6.45) is 6.09. The van der Waals surface area contributed by atoms with Crippen molar-refractivity contribution in [3.05, 3.63) is 42.2 Å². The summed E-state index contributed by atoms with van der Waals surface area (Å²) < 4.78 is 11.0. The molecule has 1 unspecified atom stereocenters. The molecule has 0 radical (unpaired) electrons. The van der Waals surface area contributed by atoms with Crippen LogP contribution in [-0.4, -0.2) is 47.2 Å². The van der Waals surface area contributed by atoms with E-state index in [1.54, 1.807) is 30.5 Å². The van der Waals surface area contributed by atoms with Gasteiger partial charge in [-0.05, 0) is 37.0 Å². The average molecular weight is 356 g/mol. The number of anilines is 1. The van der Waals surface area contributed by atoms with Gasteiger partial charge in [0.25, 0.3) is 0 Å². The van der Waals surface area contributed by atoms with Crippen LogP contribution in [0.1, 0.15) is 25.3 Å². The second-order valence-electron chi connectivity index (χ2n) is 6.22. The summed E-state index contributed by atoms with van der Waals surface area (Å²) in [5.41, 5.74) is 1.77. The molecule has 1 N–H and O–H groups in total. The van der Waals surface area contributed by atoms with E-state index < -0.39 is 0 Å². The van der Waals surface area contributed by atoms with Crippen molar-refractivity contribution in [3.63, 3.8) is 0 Å². The van der Waals surface area contributed by atoms with E-state index in [-0.39, 0.29) is 12.1 Å². The molecular weight excluding hydrogens is 332 g/mol. The number of aryl methyl sites for hydroxylation is 1. The van der Waals surface area contributed by atoms with E-state index in [2.05, 4.69) is 22.2 Å². The highest BCUT2D eigenvalue weighted by molar-refractivity contribution is 5.89. The number of likely N-dealkylation sites (tertiary alicyclic amines) is 1. The van der Waals surface area contributed by atoms with E-state index in [0.29, 0.717) is 30.5 Å². The van der Waals surface area contributed by atoms with Crippen LogP contribution in [0.2, 0.25) is 0 Å². The number of benzene rings is 1. The minimum absolute atomic E-state index is 0.104. The Morgan fingerprint density at radius 1 is 1.35 bits per heavy atom. The molecular formula is C19H24N4O3. The number of urea groups is 1. The Morgan fingerprint density at radius 2 is 2.15 bits per heavy atom. The SMILES string of the molecule is CCc1cnc(OC2CCCN(C(=O)Nc3cccc(OC)c3)C2)nc1. The fraction of sp³-hybridized carbons (Fsp3) is 0.421. The number of hydrogen-bond donors (Lipinski definition) is 1. The van der Waals surface area contributed by atoms with Crippen molar-refractivity contribution in [1.29, 1.82) is 0 Å². The summed E-state index contributed by atoms with van der Waals surface area (Å²) in [6.45, 7) is 3.26. The molecule has 2 aromatic rings. The van der Waals surface area contributed by atoms with Crippen LogP contribution in [0.3, 0.4) is 0 Å². The first-order valence-electron chi connectivity index (χ1n) is 8.85. The predicted molar refractivity (Wildman–Crippen MR) is 98.6 cm³/mol. The van der Waals surface area contributed by atoms with Gasteiger partial charge in [-0.3, -0.25) is 0 Å². The Kier molecular flexibility index (Phi) is 5.88. The molecule has 1 saturated heterocycles. The van der Waals surface area contributed by atoms with Crippen molar-refractivity contribution in [2.24, 2.45) is 0 Å². The molecule has 0 bridgehead atoms. The van der Waals surface area contributed by atoms with Crippen molar-refractivity contribution in [2.75, 3.05) is 25.5 Å². The Labute approximate surface area is 153 Å². The van der Waals surface area contributed by atoms with Gasteiger partial charge >= 0.3 is 12.0 Å². The van der Waals surface area contributed by atoms with E-state index in [1.807, 2.05) is 18.2 Å². The van der Waals surface area contributed by atoms with Gasteiger partial charge in [-0.25, -0.2) is 14.8 Å². The molecule has 7 nitrogen and oxygen atoms in total. The molecule has 0 aliphatic carbocycles. The summed E-state index contributed by atoms with van der Waals surface area (Å²) in [7, 11) is 1.60. The Hall–Kier alpha value is -2.83. The van der Waals surface area contributed by atoms with E-state index >= 15 is 0 Å². The van der Waals surface area contributed by atoms with Gasteiger partial charge in [-0.2, -0.15) is 0 Å². The van der Waals surface area contributed by atoms with Crippen molar-refractivity contribution in [3.8, 4) is 11.8 Å². The van der Waals surface area contributed by atoms with Crippen LogP contribution in [0.4, 0.5) is 10.5 Å². The molecule has 1 aliphatic heterocycles. The number of carbonyl (C=O) groups is 1. The van der Waals surface area contributed by atoms with Crippen LogP contribution in [0.25, 0.3) is 0 Å². The topological polar surface area (TPSA) is 76.6 Å². The molecule has 1 aliphatic rings. The lowest BCUT2D eigenvalue weighted by molar-refractivity contribution is 0.0982. The maximum absolute atomic E-state index is 12.5. The summed E-state index contributed by atoms with van der Waals surface area (Å²) in [4.78, 5) is 22.8. The normalized spacial score (nSPS) is 16.8. The lowest BCUT2D eigenvalue weighted by Gasteiger charge is -2.32. The summed E-state index contributed by atoms with van der Waals surface area (Å²) in [6, 6.07) is 7.52. The minimum Gasteiger partial charge on any atom is -0.497 e. The van der Waals surface area contributed by atoms with E-state index in [4.69, 9.17) is 9.47 Å². The van der Waals surface area contributed by atoms with Crippen molar-refractivity contribution >= 4 is 11.7 Å². The van der Waals surface area contributed by atoms with Crippen molar-refractivity contribution < 1.29 is 14.3 Å². The quantitative estimate of drug-likeness (QED) is 0.891. The van der Waals surface area contributed by atoms with Crippen LogP contribution in [-0.2, 0) is 6.42 Å². The molecule has 3 rings (SSSR count). The number of piperidine rings is 1. The fourth-order valence-corrected chi connectivity index (χ4v) is 2.86. The monoisotopic (exact) mass is 356 g/mol. The number of methoxy groups -OCH3 is 1. The number of rotatable bonds is 5. The highest BCUT2D eigenvalue weighted by atomic mass is 16.5. The minimum atomic E-state index is -0.145. The smallest absolute Gasteiger partial charge is 0.321 e. The number of nitrogens with zero attached hydrogens (tertiary/aromatic N) is 3. The van der Waals surface area contributed by atoms with Gasteiger partial charge in [-0.15, -0.1) is 0 Å². The van der Waals surface area contributed by atoms with Crippen LogP contribution in [0.15, 0.2) is 36.7 Å². The largest absolute Gasteiger partial charge is 0.497 e. The zero-order valence-electron chi connectivity index (χ0n) is 15.1. The second-order valence-corrected chi connectivity index (χ2v) is 6.22. The van der Waals surface area contributed by atoms with Gasteiger partial charge in [0, 0.05) is 30.7 Å². The number of aromatic nitrogens is 2. The summed E-state index contributed by atoms with van der Waals surface area (Å²) in [5, 5.41) is 2.91. The third-order valence-electron chi connectivity index (χ3n) is 4.35. The van der Waals surface area contributed by atoms with Crippen LogP contribution in [0, 0.1) is 0 Å². The van der Waals surface area contributed by atoms with Gasteiger partial charge in [0.1, 0.15) is 11.9 Å². The second kappa shape index (κ2) is 8.51. The third-order valence-corrected chi connectivity index (χ3v) is 4.35. The van der Waals surface area contributed by atoms with Crippen LogP contribution in [0.5, 0.6) is 11.8 Å². The Bertz CT molecular complexity index is 736. The molecule has 1 atom stereocenters. The molecule has 1 aromatic heterocycles. The summed E-state index contributed by atoms with van der Waals surface area (Å²) >= 11 is 0. The molecule has 2 heterocycles. The molecule has 2 amide bonds. The fourth-order valence-electron chi connectivity index (χ4n) is 2.86. The highest BCUT2D eigenvalue weighted by Crippen LogP contribution is 2.19. The Balaban J connectivity index is 1.57. The van der Waals surface area contributed by atoms with Gasteiger partial charge in [0.05, 0.1) is 13.7 Å². The summed E-state index contributed by atoms with van der Waals surface area (Å²) in [5.74, 6) is 0.704. The van der Waals surface area contributed by atoms with Crippen molar-refractivity contribution in [2.45, 2.75) is 32.3 Å². The zero-order chi connectivity index (χ0) is 18.4. The molecule has 0 spiro atoms. The molecule has 1 fully saturated rings. The lowest BCUT2D eigenvalue weighted by atomic mass is 10.1. The average Bonchev–Trinajstić information content (AvgIpc) is 2.69. The first-order valence-corrected chi connectivity index (χ1v) is 8.85. The third kappa shape index (κ3) is 4.62. The van der Waals surface area contributed by atoms with Crippen molar-refractivity contribution in [1.82, 2.24) is 14.9 Å². The molecule has 7 heteroatoms. The molecule has 138 valence electrons. The zero-order valence-corrected chi connectivity index (χ0v) is 15.1. The Morgan fingerprint density at radius 3 is 2.88 bits per heavy atom. The number of amides is 2. The van der Waals surface area contributed by atoms with Gasteiger partial charge < -0.3 is 19.7 Å². The van der Waals surface area contributed by atoms with Crippen LogP contribution < -0.4 is 14.8 Å². The van der Waals surface area contributed by atoms with E-state index in [0.717, 1.165) is 24.8 Å². The number of carbonyl (C=O) groups excluding carboxylic acids is 1.